The molecule has 0 spiro atoms. The van der Waals surface area contributed by atoms with Crippen molar-refractivity contribution in [2.24, 2.45) is 5.92 Å². The van der Waals surface area contributed by atoms with E-state index in [-0.39, 0.29) is 16.9 Å². The van der Waals surface area contributed by atoms with Crippen molar-refractivity contribution in [2.45, 2.75) is 33.6 Å². The Kier molecular flexibility index (Phi) is 8.04. The number of carbonyl (C=O) groups excluding carboxylic acids is 2. The molecule has 0 heterocycles. The van der Waals surface area contributed by atoms with Crippen LogP contribution in [-0.2, 0) is 4.79 Å². The quantitative estimate of drug-likeness (QED) is 0.547. The first-order valence-electron chi connectivity index (χ1n) is 7.56. The van der Waals surface area contributed by atoms with Gasteiger partial charge in [0.2, 0.25) is 5.91 Å². The molecule has 0 fully saturated rings. The highest BCUT2D eigenvalue weighted by Gasteiger charge is 2.13. The number of hydrogen-bond acceptors (Lipinski definition) is 4. The molecule has 0 saturated heterocycles. The summed E-state index contributed by atoms with van der Waals surface area (Å²) in [6.45, 7) is 6.39. The highest BCUT2D eigenvalue weighted by atomic mass is 32.1. The van der Waals surface area contributed by atoms with Crippen molar-refractivity contribution in [2.75, 3.05) is 6.61 Å². The summed E-state index contributed by atoms with van der Waals surface area (Å²) in [6, 6.07) is 6.93. The number of carbonyl (C=O) groups is 2. The molecule has 3 N–H and O–H groups in total. The van der Waals surface area contributed by atoms with E-state index in [0.717, 1.165) is 6.42 Å². The fourth-order valence-electron chi connectivity index (χ4n) is 1.75. The second-order valence-electron chi connectivity index (χ2n) is 5.40. The number of hydrazine groups is 1. The summed E-state index contributed by atoms with van der Waals surface area (Å²) in [5, 5.41) is 2.55. The van der Waals surface area contributed by atoms with Crippen molar-refractivity contribution in [3.63, 3.8) is 0 Å². The SMILES string of the molecule is CCCOc1ccccc1C(=O)NNC(=S)NC(=O)CC(C)C. The number of para-hydroxylation sites is 1. The summed E-state index contributed by atoms with van der Waals surface area (Å²) in [7, 11) is 0. The van der Waals surface area contributed by atoms with Gasteiger partial charge in [0.05, 0.1) is 12.2 Å². The molecule has 0 aliphatic rings. The minimum atomic E-state index is -0.392. The van der Waals surface area contributed by atoms with Crippen LogP contribution in [0.25, 0.3) is 0 Å². The summed E-state index contributed by atoms with van der Waals surface area (Å²) in [5.74, 6) is 0.147. The Hall–Kier alpha value is -2.15. The summed E-state index contributed by atoms with van der Waals surface area (Å²) in [4.78, 5) is 23.8. The molecule has 7 heteroatoms. The van der Waals surface area contributed by atoms with Crippen molar-refractivity contribution in [1.82, 2.24) is 16.2 Å². The normalized spacial score (nSPS) is 10.1. The maximum absolute atomic E-state index is 12.2. The lowest BCUT2D eigenvalue weighted by Gasteiger charge is -2.13. The maximum atomic E-state index is 12.2. The van der Waals surface area contributed by atoms with E-state index in [1.807, 2.05) is 20.8 Å². The molecule has 126 valence electrons. The second kappa shape index (κ2) is 9.78. The summed E-state index contributed by atoms with van der Waals surface area (Å²) >= 11 is 4.97. The topological polar surface area (TPSA) is 79.5 Å². The largest absolute Gasteiger partial charge is 0.493 e. The molecule has 6 nitrogen and oxygen atoms in total. The number of hydrogen-bond donors (Lipinski definition) is 3. The molecule has 0 aliphatic carbocycles. The van der Waals surface area contributed by atoms with Gasteiger partial charge >= 0.3 is 0 Å². The number of thiocarbonyl (C=S) groups is 1. The van der Waals surface area contributed by atoms with E-state index in [1.54, 1.807) is 24.3 Å². The lowest BCUT2D eigenvalue weighted by Crippen LogP contribution is -2.48. The highest BCUT2D eigenvalue weighted by Crippen LogP contribution is 2.17. The van der Waals surface area contributed by atoms with Gasteiger partial charge in [0, 0.05) is 6.42 Å². The molecule has 0 radical (unpaired) electrons. The van der Waals surface area contributed by atoms with Gasteiger partial charge < -0.3 is 10.1 Å². The van der Waals surface area contributed by atoms with E-state index in [9.17, 15) is 9.59 Å². The average Bonchev–Trinajstić information content (AvgIpc) is 2.50. The van der Waals surface area contributed by atoms with Crippen LogP contribution in [0.1, 0.15) is 44.0 Å². The number of amides is 2. The van der Waals surface area contributed by atoms with E-state index in [4.69, 9.17) is 17.0 Å². The molecule has 0 saturated carbocycles. The van der Waals surface area contributed by atoms with Crippen LogP contribution in [-0.4, -0.2) is 23.5 Å². The predicted molar refractivity (Wildman–Crippen MR) is 93.0 cm³/mol. The zero-order valence-corrected chi connectivity index (χ0v) is 14.5. The molecule has 23 heavy (non-hydrogen) atoms. The lowest BCUT2D eigenvalue weighted by atomic mass is 10.1. The van der Waals surface area contributed by atoms with Crippen molar-refractivity contribution in [3.05, 3.63) is 29.8 Å². The molecule has 2 amide bonds. The molecule has 0 atom stereocenters. The minimum Gasteiger partial charge on any atom is -0.493 e. The Bertz CT molecular complexity index is 561. The van der Waals surface area contributed by atoms with Gasteiger partial charge in [-0.25, -0.2) is 0 Å². The van der Waals surface area contributed by atoms with E-state index < -0.39 is 5.91 Å². The molecule has 1 rings (SSSR count). The molecular formula is C16H23N3O3S. The number of nitrogens with one attached hydrogen (secondary N) is 3. The van der Waals surface area contributed by atoms with E-state index >= 15 is 0 Å². The first kappa shape index (κ1) is 18.9. The van der Waals surface area contributed by atoms with Crippen LogP contribution < -0.4 is 20.9 Å². The van der Waals surface area contributed by atoms with Crippen LogP contribution in [0, 0.1) is 5.92 Å². The smallest absolute Gasteiger partial charge is 0.273 e. The van der Waals surface area contributed by atoms with Crippen LogP contribution >= 0.6 is 12.2 Å². The molecule has 1 aromatic rings. The van der Waals surface area contributed by atoms with Crippen molar-refractivity contribution in [3.8, 4) is 5.75 Å². The van der Waals surface area contributed by atoms with Crippen LogP contribution in [0.3, 0.4) is 0 Å². The van der Waals surface area contributed by atoms with Gasteiger partial charge in [-0.05, 0) is 36.7 Å². The van der Waals surface area contributed by atoms with E-state index in [0.29, 0.717) is 24.3 Å². The highest BCUT2D eigenvalue weighted by molar-refractivity contribution is 7.80. The summed E-state index contributed by atoms with van der Waals surface area (Å²) < 4.78 is 5.53. The van der Waals surface area contributed by atoms with Gasteiger partial charge in [-0.2, -0.15) is 0 Å². The number of ether oxygens (including phenoxy) is 1. The van der Waals surface area contributed by atoms with Gasteiger partial charge in [-0.3, -0.25) is 20.4 Å². The van der Waals surface area contributed by atoms with Crippen LogP contribution in [0.4, 0.5) is 0 Å². The Balaban J connectivity index is 2.53. The zero-order chi connectivity index (χ0) is 17.2. The van der Waals surface area contributed by atoms with Crippen LogP contribution in [0.5, 0.6) is 5.75 Å². The minimum absolute atomic E-state index is 0.0518. The first-order valence-corrected chi connectivity index (χ1v) is 7.96. The summed E-state index contributed by atoms with van der Waals surface area (Å²) in [5.41, 5.74) is 5.36. The van der Waals surface area contributed by atoms with Crippen molar-refractivity contribution >= 4 is 29.1 Å². The Morgan fingerprint density at radius 1 is 1.22 bits per heavy atom. The van der Waals surface area contributed by atoms with Crippen molar-refractivity contribution < 1.29 is 14.3 Å². The monoisotopic (exact) mass is 337 g/mol. The third-order valence-electron chi connectivity index (χ3n) is 2.73. The van der Waals surface area contributed by atoms with Gasteiger partial charge in [0.15, 0.2) is 5.11 Å². The Morgan fingerprint density at radius 3 is 2.57 bits per heavy atom. The summed E-state index contributed by atoms with van der Waals surface area (Å²) in [6.07, 6.45) is 1.21. The molecule has 0 bridgehead atoms. The van der Waals surface area contributed by atoms with E-state index in [2.05, 4.69) is 16.2 Å². The van der Waals surface area contributed by atoms with Gasteiger partial charge in [-0.1, -0.05) is 32.9 Å². The van der Waals surface area contributed by atoms with Gasteiger partial charge in [0.1, 0.15) is 5.75 Å². The van der Waals surface area contributed by atoms with Gasteiger partial charge in [0.25, 0.3) is 5.91 Å². The van der Waals surface area contributed by atoms with Gasteiger partial charge in [-0.15, -0.1) is 0 Å². The average molecular weight is 337 g/mol. The third kappa shape index (κ3) is 7.10. The third-order valence-corrected chi connectivity index (χ3v) is 2.93. The molecule has 0 aromatic heterocycles. The van der Waals surface area contributed by atoms with Crippen LogP contribution in [0.15, 0.2) is 24.3 Å². The van der Waals surface area contributed by atoms with E-state index in [1.165, 1.54) is 0 Å². The maximum Gasteiger partial charge on any atom is 0.273 e. The Morgan fingerprint density at radius 2 is 1.91 bits per heavy atom. The predicted octanol–water partition coefficient (Wildman–Crippen LogP) is 2.16. The zero-order valence-electron chi connectivity index (χ0n) is 13.6. The molecule has 0 unspecified atom stereocenters. The molecule has 0 aliphatic heterocycles. The fraction of sp³-hybridized carbons (Fsp3) is 0.438. The second-order valence-corrected chi connectivity index (χ2v) is 5.81. The standard InChI is InChI=1S/C16H23N3O3S/c1-4-9-22-13-8-6-5-7-12(13)15(21)18-19-16(23)17-14(20)10-11(2)3/h5-8,11H,4,9-10H2,1-3H3,(H,18,21)(H2,17,19,20,23). The first-order chi connectivity index (χ1) is 10.9. The number of benzene rings is 1. The van der Waals surface area contributed by atoms with Crippen LogP contribution in [0.2, 0.25) is 0 Å². The molecule has 1 aromatic carbocycles. The fourth-order valence-corrected chi connectivity index (χ4v) is 1.92. The number of rotatable bonds is 6. The Labute approximate surface area is 141 Å². The molecular weight excluding hydrogens is 314 g/mol. The lowest BCUT2D eigenvalue weighted by molar-refractivity contribution is -0.120. The van der Waals surface area contributed by atoms with Crippen molar-refractivity contribution in [1.29, 1.82) is 0 Å².